The Hall–Kier alpha value is -1.96. The van der Waals surface area contributed by atoms with Gasteiger partial charge < -0.3 is 0 Å². The fourth-order valence-electron chi connectivity index (χ4n) is 2.31. The summed E-state index contributed by atoms with van der Waals surface area (Å²) in [6.07, 6.45) is 0.740. The number of rotatable bonds is 6. The van der Waals surface area contributed by atoms with E-state index >= 15 is 0 Å². The summed E-state index contributed by atoms with van der Waals surface area (Å²) >= 11 is 1.22. The van der Waals surface area contributed by atoms with Crippen LogP contribution in [-0.4, -0.2) is 30.6 Å². The summed E-state index contributed by atoms with van der Waals surface area (Å²) in [6.45, 7) is 7.81. The lowest BCUT2D eigenvalue weighted by atomic mass is 10.2. The first kappa shape index (κ1) is 18.4. The van der Waals surface area contributed by atoms with Crippen LogP contribution >= 0.6 is 11.8 Å². The van der Waals surface area contributed by atoms with Crippen molar-refractivity contribution in [3.63, 3.8) is 0 Å². The van der Waals surface area contributed by atoms with Crippen LogP contribution in [0.15, 0.2) is 14.6 Å². The quantitative estimate of drug-likeness (QED) is 0.582. The van der Waals surface area contributed by atoms with Crippen LogP contribution in [-0.2, 0) is 18.4 Å². The van der Waals surface area contributed by atoms with E-state index in [0.717, 1.165) is 11.0 Å². The molecule has 0 N–H and O–H groups in total. The molecule has 0 saturated heterocycles. The smallest absolute Gasteiger partial charge is 0.299 e. The molecule has 0 bridgehead atoms. The Morgan fingerprint density at radius 2 is 1.92 bits per heavy atom. The molecule has 7 nitrogen and oxygen atoms in total. The van der Waals surface area contributed by atoms with Gasteiger partial charge in [-0.15, -0.1) is 0 Å². The SMILES string of the molecule is CCCn1c(=O)n(C)c(=O)c2c(SCC(C)=O)nc(C(C)C)nc21. The summed E-state index contributed by atoms with van der Waals surface area (Å²) in [4.78, 5) is 45.4. The highest BCUT2D eigenvalue weighted by Gasteiger charge is 2.19. The molecule has 0 aliphatic heterocycles. The van der Waals surface area contributed by atoms with Gasteiger partial charge in [-0.1, -0.05) is 32.5 Å². The zero-order valence-corrected chi connectivity index (χ0v) is 15.4. The van der Waals surface area contributed by atoms with Crippen LogP contribution in [0.3, 0.4) is 0 Å². The minimum absolute atomic E-state index is 0.00318. The zero-order chi connectivity index (χ0) is 18.0. The third kappa shape index (κ3) is 3.43. The van der Waals surface area contributed by atoms with Crippen molar-refractivity contribution in [1.82, 2.24) is 19.1 Å². The first-order chi connectivity index (χ1) is 11.3. The predicted octanol–water partition coefficient (Wildman–Crippen LogP) is 1.70. The van der Waals surface area contributed by atoms with Crippen LogP contribution in [0.1, 0.15) is 45.9 Å². The molecule has 130 valence electrons. The monoisotopic (exact) mass is 350 g/mol. The van der Waals surface area contributed by atoms with E-state index in [4.69, 9.17) is 0 Å². The third-order valence-corrected chi connectivity index (χ3v) is 4.66. The van der Waals surface area contributed by atoms with E-state index in [-0.39, 0.29) is 23.1 Å². The number of carbonyl (C=O) groups excluding carboxylic acids is 1. The zero-order valence-electron chi connectivity index (χ0n) is 14.6. The van der Waals surface area contributed by atoms with Crippen LogP contribution < -0.4 is 11.2 Å². The van der Waals surface area contributed by atoms with Crippen molar-refractivity contribution in [2.24, 2.45) is 7.05 Å². The lowest BCUT2D eigenvalue weighted by Gasteiger charge is -2.14. The fraction of sp³-hybridized carbons (Fsp3) is 0.562. The number of carbonyl (C=O) groups is 1. The Bertz CT molecular complexity index is 899. The Balaban J connectivity index is 2.90. The summed E-state index contributed by atoms with van der Waals surface area (Å²) < 4.78 is 2.59. The van der Waals surface area contributed by atoms with Gasteiger partial charge >= 0.3 is 5.69 Å². The first-order valence-corrected chi connectivity index (χ1v) is 8.90. The van der Waals surface area contributed by atoms with E-state index in [9.17, 15) is 14.4 Å². The summed E-state index contributed by atoms with van der Waals surface area (Å²) in [7, 11) is 1.45. The van der Waals surface area contributed by atoms with Crippen LogP contribution in [0.5, 0.6) is 0 Å². The van der Waals surface area contributed by atoms with Gasteiger partial charge in [0.05, 0.1) is 5.75 Å². The van der Waals surface area contributed by atoms with Gasteiger partial charge in [0.15, 0.2) is 5.65 Å². The standard InChI is InChI=1S/C16H22N4O3S/c1-6-7-20-13-11(15(22)19(5)16(20)23)14(24-8-10(4)21)18-12(17-13)9(2)3/h9H,6-8H2,1-5H3. The average molecular weight is 350 g/mol. The number of ketones is 1. The molecule has 0 radical (unpaired) electrons. The van der Waals surface area contributed by atoms with Crippen LogP contribution in [0.25, 0.3) is 11.0 Å². The van der Waals surface area contributed by atoms with E-state index in [1.807, 2.05) is 20.8 Å². The molecule has 24 heavy (non-hydrogen) atoms. The van der Waals surface area contributed by atoms with Gasteiger partial charge in [0.2, 0.25) is 0 Å². The fourth-order valence-corrected chi connectivity index (χ4v) is 3.13. The van der Waals surface area contributed by atoms with Gasteiger partial charge in [-0.25, -0.2) is 14.8 Å². The van der Waals surface area contributed by atoms with Crippen molar-refractivity contribution in [2.75, 3.05) is 5.75 Å². The van der Waals surface area contributed by atoms with E-state index in [1.54, 1.807) is 0 Å². The number of fused-ring (bicyclic) bond motifs is 1. The van der Waals surface area contributed by atoms with E-state index < -0.39 is 5.56 Å². The second-order valence-electron chi connectivity index (χ2n) is 6.03. The highest BCUT2D eigenvalue weighted by Crippen LogP contribution is 2.24. The lowest BCUT2D eigenvalue weighted by Crippen LogP contribution is -2.39. The third-order valence-electron chi connectivity index (χ3n) is 3.54. The number of Topliss-reactive ketones (excluding diaryl/α,β-unsaturated/α-hetero) is 1. The summed E-state index contributed by atoms with van der Waals surface area (Å²) in [5, 5.41) is 0.769. The van der Waals surface area contributed by atoms with Gasteiger partial charge in [0.1, 0.15) is 22.0 Å². The van der Waals surface area contributed by atoms with Crippen LogP contribution in [0.4, 0.5) is 0 Å². The predicted molar refractivity (Wildman–Crippen MR) is 94.8 cm³/mol. The molecule has 2 rings (SSSR count). The van der Waals surface area contributed by atoms with Gasteiger partial charge in [-0.05, 0) is 13.3 Å². The second-order valence-corrected chi connectivity index (χ2v) is 6.99. The van der Waals surface area contributed by atoms with Gasteiger partial charge in [-0.2, -0.15) is 0 Å². The Morgan fingerprint density at radius 1 is 1.25 bits per heavy atom. The highest BCUT2D eigenvalue weighted by molar-refractivity contribution is 8.00. The summed E-state index contributed by atoms with van der Waals surface area (Å²) in [5.41, 5.74) is -0.455. The van der Waals surface area contributed by atoms with Gasteiger partial charge in [0, 0.05) is 19.5 Å². The largest absolute Gasteiger partial charge is 0.332 e. The number of thioether (sulfide) groups is 1. The molecular weight excluding hydrogens is 328 g/mol. The molecule has 2 aromatic rings. The Kier molecular flexibility index (Phi) is 5.58. The molecule has 2 aromatic heterocycles. The normalized spacial score (nSPS) is 11.4. The second kappa shape index (κ2) is 7.29. The highest BCUT2D eigenvalue weighted by atomic mass is 32.2. The van der Waals surface area contributed by atoms with Crippen molar-refractivity contribution in [3.8, 4) is 0 Å². The molecule has 0 aromatic carbocycles. The molecule has 0 aliphatic rings. The van der Waals surface area contributed by atoms with Crippen molar-refractivity contribution in [1.29, 1.82) is 0 Å². The van der Waals surface area contributed by atoms with Gasteiger partial charge in [0.25, 0.3) is 5.56 Å². The minimum atomic E-state index is -0.427. The molecule has 0 spiro atoms. The molecule has 0 unspecified atom stereocenters. The van der Waals surface area contributed by atoms with E-state index in [1.165, 1.54) is 30.3 Å². The van der Waals surface area contributed by atoms with Crippen LogP contribution in [0, 0.1) is 0 Å². The van der Waals surface area contributed by atoms with Crippen molar-refractivity contribution < 1.29 is 4.79 Å². The number of aryl methyl sites for hydroxylation is 1. The molecule has 0 atom stereocenters. The molecule has 8 heteroatoms. The molecular formula is C16H22N4O3S. The maximum atomic E-state index is 12.6. The number of hydrogen-bond donors (Lipinski definition) is 0. The summed E-state index contributed by atoms with van der Waals surface area (Å²) in [6, 6.07) is 0. The van der Waals surface area contributed by atoms with Crippen LogP contribution in [0.2, 0.25) is 0 Å². The molecule has 0 fully saturated rings. The van der Waals surface area contributed by atoms with Gasteiger partial charge in [-0.3, -0.25) is 18.7 Å². The number of hydrogen-bond acceptors (Lipinski definition) is 6. The molecule has 2 heterocycles. The topological polar surface area (TPSA) is 86.9 Å². The average Bonchev–Trinajstić information content (AvgIpc) is 2.53. The van der Waals surface area contributed by atoms with E-state index in [0.29, 0.717) is 28.4 Å². The van der Waals surface area contributed by atoms with Crippen molar-refractivity contribution in [3.05, 3.63) is 26.7 Å². The first-order valence-electron chi connectivity index (χ1n) is 7.91. The molecule has 0 aliphatic carbocycles. The van der Waals surface area contributed by atoms with E-state index in [2.05, 4.69) is 9.97 Å². The Morgan fingerprint density at radius 3 is 2.46 bits per heavy atom. The lowest BCUT2D eigenvalue weighted by molar-refractivity contribution is -0.114. The number of nitrogens with zero attached hydrogens (tertiary/aromatic N) is 4. The summed E-state index contributed by atoms with van der Waals surface area (Å²) in [5.74, 6) is 0.822. The molecule has 0 amide bonds. The van der Waals surface area contributed by atoms with Crippen molar-refractivity contribution >= 4 is 28.6 Å². The minimum Gasteiger partial charge on any atom is -0.299 e. The maximum absolute atomic E-state index is 12.6. The maximum Gasteiger partial charge on any atom is 0.332 e. The van der Waals surface area contributed by atoms with Crippen molar-refractivity contribution in [2.45, 2.75) is 51.6 Å². The Labute approximate surface area is 144 Å². The number of aromatic nitrogens is 4. The molecule has 0 saturated carbocycles.